The van der Waals surface area contributed by atoms with Crippen LogP contribution in [0, 0.1) is 16.2 Å². The van der Waals surface area contributed by atoms with Crippen LogP contribution in [0.5, 0.6) is 0 Å². The molecule has 0 saturated carbocycles. The number of phosphoric ester groups is 2. The zero-order valence-corrected chi connectivity index (χ0v) is 24.1. The van der Waals surface area contributed by atoms with E-state index in [1.54, 1.807) is 0 Å². The number of hydrogen-bond acceptors (Lipinski definition) is 11. The molecular weight excluding hydrogens is 509 g/mol. The van der Waals surface area contributed by atoms with Crippen molar-refractivity contribution in [2.45, 2.75) is 80.6 Å². The van der Waals surface area contributed by atoms with Crippen LogP contribution in [-0.2, 0) is 31.8 Å². The number of rotatable bonds is 19. The molecule has 0 saturated heterocycles. The molecule has 14 heteroatoms. The van der Waals surface area contributed by atoms with Gasteiger partial charge in [0.05, 0.1) is 34.3 Å². The van der Waals surface area contributed by atoms with Gasteiger partial charge in [0.2, 0.25) is 0 Å². The minimum Gasteiger partial charge on any atom is -0.790 e. The van der Waals surface area contributed by atoms with Crippen molar-refractivity contribution in [3.63, 3.8) is 0 Å². The van der Waals surface area contributed by atoms with Gasteiger partial charge in [0, 0.05) is 11.6 Å². The SMILES string of the molecule is CCC(C)(CC)COP(=O)([O-])CCC(C)(COP(=O)([O-])[O-])COP(=O)([O-])OCC(C)(CC)CC. The lowest BCUT2D eigenvalue weighted by Gasteiger charge is -2.39. The summed E-state index contributed by atoms with van der Waals surface area (Å²) in [5.41, 5.74) is -2.16. The molecule has 0 spiro atoms. The van der Waals surface area contributed by atoms with Gasteiger partial charge in [-0.05, 0) is 42.9 Å². The predicted octanol–water partition coefficient (Wildman–Crippen LogP) is 2.95. The van der Waals surface area contributed by atoms with Crippen molar-refractivity contribution in [2.75, 3.05) is 32.6 Å². The van der Waals surface area contributed by atoms with Crippen molar-refractivity contribution in [1.29, 1.82) is 0 Å². The minimum absolute atomic E-state index is 0.0158. The molecule has 3 unspecified atom stereocenters. The van der Waals surface area contributed by atoms with E-state index >= 15 is 0 Å². The highest BCUT2D eigenvalue weighted by Gasteiger charge is 2.31. The highest BCUT2D eigenvalue weighted by molar-refractivity contribution is 7.51. The van der Waals surface area contributed by atoms with Gasteiger partial charge in [0.1, 0.15) is 7.60 Å². The van der Waals surface area contributed by atoms with E-state index < -0.39 is 48.0 Å². The minimum atomic E-state index is -5.39. The van der Waals surface area contributed by atoms with Crippen LogP contribution in [0.15, 0.2) is 0 Å². The molecule has 0 aliphatic rings. The summed E-state index contributed by atoms with van der Waals surface area (Å²) in [6.45, 7) is 11.2. The van der Waals surface area contributed by atoms with Crippen molar-refractivity contribution in [1.82, 2.24) is 0 Å². The Hall–Kier alpha value is 0.370. The maximum atomic E-state index is 12.4. The number of hydrogen-bond donors (Lipinski definition) is 0. The summed E-state index contributed by atoms with van der Waals surface area (Å²) < 4.78 is 55.1. The van der Waals surface area contributed by atoms with E-state index in [0.717, 1.165) is 0 Å². The lowest BCUT2D eigenvalue weighted by atomic mass is 9.86. The third-order valence-electron chi connectivity index (χ3n) is 6.73. The molecule has 0 amide bonds. The first-order valence-corrected chi connectivity index (χ1v) is 16.1. The largest absolute Gasteiger partial charge is 0.790 e. The fourth-order valence-corrected chi connectivity index (χ4v) is 5.50. The van der Waals surface area contributed by atoms with Crippen molar-refractivity contribution in [3.05, 3.63) is 0 Å². The maximum Gasteiger partial charge on any atom is 0.267 e. The van der Waals surface area contributed by atoms with Gasteiger partial charge in [0.15, 0.2) is 0 Å². The zero-order valence-electron chi connectivity index (χ0n) is 21.4. The van der Waals surface area contributed by atoms with Crippen LogP contribution >= 0.6 is 23.2 Å². The molecule has 11 nitrogen and oxygen atoms in total. The Balaban J connectivity index is 5.28. The first-order chi connectivity index (χ1) is 15.3. The molecule has 0 aromatic carbocycles. The van der Waals surface area contributed by atoms with Crippen LogP contribution in [0.3, 0.4) is 0 Å². The van der Waals surface area contributed by atoms with E-state index in [0.29, 0.717) is 25.7 Å². The molecule has 3 atom stereocenters. The van der Waals surface area contributed by atoms with Crippen LogP contribution < -0.4 is 19.6 Å². The van der Waals surface area contributed by atoms with E-state index in [2.05, 4.69) is 4.52 Å². The van der Waals surface area contributed by atoms with Gasteiger partial charge in [-0.2, -0.15) is 0 Å². The fourth-order valence-electron chi connectivity index (χ4n) is 2.56. The Morgan fingerprint density at radius 1 is 0.588 bits per heavy atom. The van der Waals surface area contributed by atoms with Crippen molar-refractivity contribution in [3.8, 4) is 0 Å². The summed E-state index contributed by atoms with van der Waals surface area (Å²) in [4.78, 5) is 46.6. The highest BCUT2D eigenvalue weighted by atomic mass is 31.2. The van der Waals surface area contributed by atoms with Crippen LogP contribution in [0.4, 0.5) is 0 Å². The third kappa shape index (κ3) is 14.2. The summed E-state index contributed by atoms with van der Waals surface area (Å²) in [6.07, 6.45) is 1.95. The van der Waals surface area contributed by atoms with Gasteiger partial charge in [-0.25, -0.2) is 0 Å². The van der Waals surface area contributed by atoms with Crippen LogP contribution in [0.1, 0.15) is 80.6 Å². The molecule has 0 fully saturated rings. The van der Waals surface area contributed by atoms with Gasteiger partial charge < -0.3 is 46.8 Å². The molecule has 206 valence electrons. The normalized spacial score (nSPS) is 18.8. The molecule has 0 heterocycles. The molecule has 0 aliphatic carbocycles. The van der Waals surface area contributed by atoms with Gasteiger partial charge in [-0.1, -0.05) is 48.5 Å². The zero-order chi connectivity index (χ0) is 26.9. The summed E-state index contributed by atoms with van der Waals surface area (Å²) in [6, 6.07) is 0. The van der Waals surface area contributed by atoms with Crippen LogP contribution in [-0.4, -0.2) is 32.6 Å². The first kappa shape index (κ1) is 34.4. The topological polar surface area (TPSA) is 180 Å². The fraction of sp³-hybridized carbons (Fsp3) is 1.00. The Labute approximate surface area is 204 Å². The van der Waals surface area contributed by atoms with Gasteiger partial charge in [-0.3, -0.25) is 4.57 Å². The second kappa shape index (κ2) is 13.8. The summed E-state index contributed by atoms with van der Waals surface area (Å²) in [5, 5.41) is 0. The Morgan fingerprint density at radius 3 is 1.32 bits per heavy atom. The van der Waals surface area contributed by atoms with Crippen LogP contribution in [0.2, 0.25) is 0 Å². The van der Waals surface area contributed by atoms with Gasteiger partial charge in [0.25, 0.3) is 7.82 Å². The smallest absolute Gasteiger partial charge is 0.267 e. The monoisotopic (exact) mass is 550 g/mol. The van der Waals surface area contributed by atoms with E-state index in [-0.39, 0.29) is 30.5 Å². The standard InChI is InChI=1S/C20H45O11P3/c1-8-18(5,9-2)14-28-32(21,22)13-12-20(7,16-29-33(23,24)25)17-31-34(26,27)30-15-19(6,10-3)11-4/h8-17H2,1-7H3,(H,21,22)(H,26,27)(H2,23,24,25)/p-4. The van der Waals surface area contributed by atoms with Crippen molar-refractivity contribution < 1.29 is 51.4 Å². The third-order valence-corrected chi connectivity index (χ3v) is 9.36. The van der Waals surface area contributed by atoms with Crippen LogP contribution in [0.25, 0.3) is 0 Å². The van der Waals surface area contributed by atoms with E-state index in [1.165, 1.54) is 6.92 Å². The first-order valence-electron chi connectivity index (χ1n) is 11.5. The number of phosphoric acid groups is 2. The molecule has 0 aliphatic heterocycles. The van der Waals surface area contributed by atoms with Crippen molar-refractivity contribution >= 4 is 23.2 Å². The molecule has 0 aromatic heterocycles. The predicted molar refractivity (Wildman–Crippen MR) is 122 cm³/mol. The van der Waals surface area contributed by atoms with Gasteiger partial charge in [-0.15, -0.1) is 0 Å². The summed E-state index contributed by atoms with van der Waals surface area (Å²) >= 11 is 0. The second-order valence-electron chi connectivity index (χ2n) is 9.92. The average molecular weight is 550 g/mol. The summed E-state index contributed by atoms with van der Waals surface area (Å²) in [5.74, 6) is 0. The molecule has 0 N–H and O–H groups in total. The second-order valence-corrected chi connectivity index (χ2v) is 14.4. The maximum absolute atomic E-state index is 12.4. The lowest BCUT2D eigenvalue weighted by molar-refractivity contribution is -0.343. The molecule has 34 heavy (non-hydrogen) atoms. The Kier molecular flexibility index (Phi) is 13.9. The summed E-state index contributed by atoms with van der Waals surface area (Å²) in [7, 11) is -14.5. The highest BCUT2D eigenvalue weighted by Crippen LogP contribution is 2.47. The Bertz CT molecular complexity index is 698. The quantitative estimate of drug-likeness (QED) is 0.216. The Morgan fingerprint density at radius 2 is 0.941 bits per heavy atom. The molecule has 0 rings (SSSR count). The average Bonchev–Trinajstić information content (AvgIpc) is 2.77. The molecule has 0 radical (unpaired) electrons. The van der Waals surface area contributed by atoms with E-state index in [1.807, 2.05) is 41.5 Å². The van der Waals surface area contributed by atoms with E-state index in [4.69, 9.17) is 13.6 Å². The molecule has 0 aromatic rings. The molecule has 0 bridgehead atoms. The lowest BCUT2D eigenvalue weighted by Crippen LogP contribution is -2.33. The van der Waals surface area contributed by atoms with E-state index in [9.17, 15) is 33.3 Å². The van der Waals surface area contributed by atoms with Crippen molar-refractivity contribution in [2.24, 2.45) is 16.2 Å². The van der Waals surface area contributed by atoms with Gasteiger partial charge >= 0.3 is 0 Å². The molecular formula is C20H41O11P3-4.